The maximum Gasteiger partial charge on any atom is 0.134 e. The Bertz CT molecular complexity index is 604. The number of anilines is 2. The molecule has 1 aliphatic rings. The number of aromatic nitrogens is 2. The van der Waals surface area contributed by atoms with E-state index in [1.54, 1.807) is 0 Å². The molecular weight excluding hydrogens is 264 g/mol. The summed E-state index contributed by atoms with van der Waals surface area (Å²) in [6.45, 7) is 2.83. The molecule has 21 heavy (non-hydrogen) atoms. The highest BCUT2D eigenvalue weighted by Gasteiger charge is 2.22. The van der Waals surface area contributed by atoms with Gasteiger partial charge < -0.3 is 15.8 Å². The molecule has 0 radical (unpaired) electrons. The van der Waals surface area contributed by atoms with Crippen LogP contribution in [0.1, 0.15) is 24.5 Å². The lowest BCUT2D eigenvalue weighted by Gasteiger charge is -2.15. The second-order valence-electron chi connectivity index (χ2n) is 5.27. The van der Waals surface area contributed by atoms with Crippen LogP contribution >= 0.6 is 0 Å². The Morgan fingerprint density at radius 2 is 2.19 bits per heavy atom. The van der Waals surface area contributed by atoms with Gasteiger partial charge in [0.05, 0.1) is 6.54 Å². The van der Waals surface area contributed by atoms with Crippen LogP contribution in [0.15, 0.2) is 30.6 Å². The summed E-state index contributed by atoms with van der Waals surface area (Å²) in [4.78, 5) is 8.38. The van der Waals surface area contributed by atoms with Gasteiger partial charge in [-0.3, -0.25) is 0 Å². The topological polar surface area (TPSA) is 73.1 Å². The molecule has 1 unspecified atom stereocenters. The van der Waals surface area contributed by atoms with Crippen LogP contribution in [0.2, 0.25) is 0 Å². The molecule has 5 heteroatoms. The molecule has 0 spiro atoms. The van der Waals surface area contributed by atoms with Crippen molar-refractivity contribution in [2.75, 3.05) is 17.6 Å². The van der Waals surface area contributed by atoms with Gasteiger partial charge in [0.2, 0.25) is 0 Å². The number of rotatable bonds is 5. The van der Waals surface area contributed by atoms with Crippen molar-refractivity contribution in [3.05, 3.63) is 41.7 Å². The maximum absolute atomic E-state index is 5.94. The van der Waals surface area contributed by atoms with E-state index in [9.17, 15) is 0 Å². The molecule has 1 aromatic carbocycles. The van der Waals surface area contributed by atoms with Gasteiger partial charge in [-0.15, -0.1) is 0 Å². The molecule has 110 valence electrons. The third kappa shape index (κ3) is 2.91. The predicted molar refractivity (Wildman–Crippen MR) is 83.5 cm³/mol. The molecule has 0 saturated heterocycles. The van der Waals surface area contributed by atoms with E-state index in [-0.39, 0.29) is 6.10 Å². The average molecular weight is 284 g/mol. The van der Waals surface area contributed by atoms with Crippen molar-refractivity contribution >= 4 is 11.6 Å². The fourth-order valence-electron chi connectivity index (χ4n) is 2.65. The molecule has 3 N–H and O–H groups in total. The summed E-state index contributed by atoms with van der Waals surface area (Å²) in [7, 11) is 0. The van der Waals surface area contributed by atoms with Crippen molar-refractivity contribution in [2.45, 2.75) is 32.3 Å². The van der Waals surface area contributed by atoms with Gasteiger partial charge in [0.15, 0.2) is 0 Å². The first-order valence-corrected chi connectivity index (χ1v) is 7.35. The molecule has 0 amide bonds. The van der Waals surface area contributed by atoms with Crippen LogP contribution in [0.25, 0.3) is 0 Å². The van der Waals surface area contributed by atoms with Crippen LogP contribution < -0.4 is 15.8 Å². The number of hydrogen-bond acceptors (Lipinski definition) is 5. The van der Waals surface area contributed by atoms with Crippen molar-refractivity contribution in [3.8, 4) is 5.75 Å². The van der Waals surface area contributed by atoms with E-state index in [1.807, 2.05) is 18.2 Å². The maximum atomic E-state index is 5.94. The van der Waals surface area contributed by atoms with E-state index in [4.69, 9.17) is 10.5 Å². The molecule has 2 heterocycles. The second-order valence-corrected chi connectivity index (χ2v) is 5.27. The molecule has 2 aromatic rings. The Morgan fingerprint density at radius 1 is 1.33 bits per heavy atom. The van der Waals surface area contributed by atoms with Crippen LogP contribution in [-0.4, -0.2) is 22.6 Å². The number of nitrogens with zero attached hydrogens (tertiary/aromatic N) is 2. The van der Waals surface area contributed by atoms with Gasteiger partial charge >= 0.3 is 0 Å². The number of fused-ring (bicyclic) bond motifs is 1. The van der Waals surface area contributed by atoms with Crippen LogP contribution in [0, 0.1) is 0 Å². The number of benzene rings is 1. The first-order chi connectivity index (χ1) is 10.3. The number of ether oxygens (including phenoxy) is 1. The SMILES string of the molecule is CCCc1c(N)ncnc1NCC1Cc2ccccc2O1. The Labute approximate surface area is 124 Å². The summed E-state index contributed by atoms with van der Waals surface area (Å²) in [6, 6.07) is 8.17. The molecular formula is C16H20N4O. The fourth-order valence-corrected chi connectivity index (χ4v) is 2.65. The van der Waals surface area contributed by atoms with Crippen LogP contribution in [0.4, 0.5) is 11.6 Å². The number of para-hydroxylation sites is 1. The minimum absolute atomic E-state index is 0.132. The lowest BCUT2D eigenvalue weighted by molar-refractivity contribution is 0.246. The van der Waals surface area contributed by atoms with E-state index < -0.39 is 0 Å². The largest absolute Gasteiger partial charge is 0.488 e. The number of nitrogens with one attached hydrogen (secondary N) is 1. The lowest BCUT2D eigenvalue weighted by Crippen LogP contribution is -2.25. The van der Waals surface area contributed by atoms with Crippen molar-refractivity contribution in [1.82, 2.24) is 9.97 Å². The summed E-state index contributed by atoms with van der Waals surface area (Å²) in [5.41, 5.74) is 8.20. The highest BCUT2D eigenvalue weighted by Crippen LogP contribution is 2.28. The van der Waals surface area contributed by atoms with Gasteiger partial charge in [0.1, 0.15) is 29.8 Å². The monoisotopic (exact) mass is 284 g/mol. The van der Waals surface area contributed by atoms with Crippen LogP contribution in [-0.2, 0) is 12.8 Å². The number of nitrogens with two attached hydrogens (primary N) is 1. The molecule has 0 aliphatic carbocycles. The molecule has 1 aliphatic heterocycles. The molecule has 1 aromatic heterocycles. The quantitative estimate of drug-likeness (QED) is 0.882. The Balaban J connectivity index is 1.66. The molecule has 5 nitrogen and oxygen atoms in total. The van der Waals surface area contributed by atoms with Crippen molar-refractivity contribution in [2.24, 2.45) is 0 Å². The summed E-state index contributed by atoms with van der Waals surface area (Å²) in [5.74, 6) is 2.37. The van der Waals surface area contributed by atoms with E-state index in [0.29, 0.717) is 12.4 Å². The predicted octanol–water partition coefficient (Wildman–Crippen LogP) is 2.43. The van der Waals surface area contributed by atoms with Crippen molar-refractivity contribution in [1.29, 1.82) is 0 Å². The van der Waals surface area contributed by atoms with E-state index >= 15 is 0 Å². The zero-order valence-electron chi connectivity index (χ0n) is 12.2. The zero-order chi connectivity index (χ0) is 14.7. The zero-order valence-corrected chi connectivity index (χ0v) is 12.2. The lowest BCUT2D eigenvalue weighted by atomic mass is 10.1. The molecule has 3 rings (SSSR count). The number of hydrogen-bond donors (Lipinski definition) is 2. The third-order valence-electron chi connectivity index (χ3n) is 3.69. The normalized spacial score (nSPS) is 16.3. The Morgan fingerprint density at radius 3 is 3.00 bits per heavy atom. The molecule has 0 bridgehead atoms. The van der Waals surface area contributed by atoms with Gasteiger partial charge in [-0.25, -0.2) is 9.97 Å². The highest BCUT2D eigenvalue weighted by molar-refractivity contribution is 5.55. The minimum atomic E-state index is 0.132. The summed E-state index contributed by atoms with van der Waals surface area (Å²) < 4.78 is 5.92. The van der Waals surface area contributed by atoms with E-state index in [1.165, 1.54) is 11.9 Å². The minimum Gasteiger partial charge on any atom is -0.488 e. The summed E-state index contributed by atoms with van der Waals surface area (Å²) in [5, 5.41) is 3.36. The Hall–Kier alpha value is -2.30. The Kier molecular flexibility index (Phi) is 3.90. The van der Waals surface area contributed by atoms with Crippen LogP contribution in [0.5, 0.6) is 5.75 Å². The smallest absolute Gasteiger partial charge is 0.134 e. The van der Waals surface area contributed by atoms with Gasteiger partial charge in [-0.05, 0) is 18.1 Å². The van der Waals surface area contributed by atoms with Crippen molar-refractivity contribution in [3.63, 3.8) is 0 Å². The van der Waals surface area contributed by atoms with Gasteiger partial charge in [0, 0.05) is 12.0 Å². The van der Waals surface area contributed by atoms with Gasteiger partial charge in [-0.2, -0.15) is 0 Å². The fraction of sp³-hybridized carbons (Fsp3) is 0.375. The van der Waals surface area contributed by atoms with Gasteiger partial charge in [0.25, 0.3) is 0 Å². The van der Waals surface area contributed by atoms with Crippen LogP contribution in [0.3, 0.4) is 0 Å². The first kappa shape index (κ1) is 13.7. The second kappa shape index (κ2) is 5.99. The standard InChI is InChI=1S/C16H20N4O/c1-2-5-13-15(17)19-10-20-16(13)18-9-12-8-11-6-3-4-7-14(11)21-12/h3-4,6-7,10,12H,2,5,8-9H2,1H3,(H3,17,18,19,20). The average Bonchev–Trinajstić information content (AvgIpc) is 2.91. The number of nitrogen functional groups attached to an aromatic ring is 1. The summed E-state index contributed by atoms with van der Waals surface area (Å²) >= 11 is 0. The summed E-state index contributed by atoms with van der Waals surface area (Å²) in [6.07, 6.45) is 4.44. The third-order valence-corrected chi connectivity index (χ3v) is 3.69. The molecule has 0 fully saturated rings. The van der Waals surface area contributed by atoms with Gasteiger partial charge in [-0.1, -0.05) is 31.5 Å². The molecule has 1 atom stereocenters. The van der Waals surface area contributed by atoms with Crippen molar-refractivity contribution < 1.29 is 4.74 Å². The van der Waals surface area contributed by atoms with E-state index in [0.717, 1.165) is 36.4 Å². The van der Waals surface area contributed by atoms with E-state index in [2.05, 4.69) is 28.3 Å². The highest BCUT2D eigenvalue weighted by atomic mass is 16.5. The molecule has 0 saturated carbocycles. The first-order valence-electron chi connectivity index (χ1n) is 7.35.